The molecule has 112 valence electrons. The number of nitrogens with one attached hydrogen (secondary N) is 4. The molecule has 0 aromatic rings. The van der Waals surface area contributed by atoms with Crippen molar-refractivity contribution in [3.63, 3.8) is 0 Å². The quantitative estimate of drug-likeness (QED) is 0.559. The fourth-order valence-electron chi connectivity index (χ4n) is 2.53. The molecule has 0 amide bonds. The average molecular weight is 268 g/mol. The molecular formula is C15H32N4. The van der Waals surface area contributed by atoms with Crippen molar-refractivity contribution < 1.29 is 0 Å². The topological polar surface area (TPSA) is 48.1 Å². The van der Waals surface area contributed by atoms with E-state index in [0.29, 0.717) is 6.04 Å². The highest BCUT2D eigenvalue weighted by atomic mass is 15.4. The summed E-state index contributed by atoms with van der Waals surface area (Å²) in [7, 11) is 1.87. The smallest absolute Gasteiger partial charge is 0.0429 e. The average Bonchev–Trinajstić information content (AvgIpc) is 2.45. The first-order valence-electron chi connectivity index (χ1n) is 7.99. The number of hydrogen-bond acceptors (Lipinski definition) is 4. The van der Waals surface area contributed by atoms with Gasteiger partial charge in [0.2, 0.25) is 0 Å². The SMILES string of the molecule is CC/C(=C/NNC)NNC1CCCCCCCCC1. The van der Waals surface area contributed by atoms with Gasteiger partial charge in [-0.3, -0.25) is 0 Å². The molecule has 0 aromatic heterocycles. The largest absolute Gasteiger partial charge is 0.327 e. The van der Waals surface area contributed by atoms with Crippen LogP contribution in [-0.4, -0.2) is 13.1 Å². The van der Waals surface area contributed by atoms with Gasteiger partial charge < -0.3 is 10.9 Å². The summed E-state index contributed by atoms with van der Waals surface area (Å²) in [6.07, 6.45) is 15.4. The summed E-state index contributed by atoms with van der Waals surface area (Å²) < 4.78 is 0. The summed E-state index contributed by atoms with van der Waals surface area (Å²) in [6.45, 7) is 2.16. The van der Waals surface area contributed by atoms with Crippen LogP contribution in [0.1, 0.15) is 71.1 Å². The minimum Gasteiger partial charge on any atom is -0.327 e. The molecule has 1 saturated carbocycles. The Hall–Kier alpha value is -0.740. The Balaban J connectivity index is 2.30. The molecular weight excluding hydrogens is 236 g/mol. The van der Waals surface area contributed by atoms with Crippen LogP contribution in [0.25, 0.3) is 0 Å². The molecule has 1 rings (SSSR count). The van der Waals surface area contributed by atoms with E-state index in [1.807, 2.05) is 13.2 Å². The van der Waals surface area contributed by atoms with Crippen molar-refractivity contribution in [2.24, 2.45) is 0 Å². The van der Waals surface area contributed by atoms with Gasteiger partial charge in [-0.2, -0.15) is 0 Å². The molecule has 0 aromatic carbocycles. The van der Waals surface area contributed by atoms with Crippen LogP contribution in [0.15, 0.2) is 11.9 Å². The van der Waals surface area contributed by atoms with Crippen molar-refractivity contribution in [1.29, 1.82) is 0 Å². The molecule has 0 radical (unpaired) electrons. The highest BCUT2D eigenvalue weighted by molar-refractivity contribution is 4.95. The maximum Gasteiger partial charge on any atom is 0.0429 e. The van der Waals surface area contributed by atoms with Gasteiger partial charge in [-0.05, 0) is 19.3 Å². The van der Waals surface area contributed by atoms with E-state index in [9.17, 15) is 0 Å². The van der Waals surface area contributed by atoms with Crippen LogP contribution >= 0.6 is 0 Å². The van der Waals surface area contributed by atoms with Crippen molar-refractivity contribution in [1.82, 2.24) is 21.7 Å². The number of rotatable bonds is 6. The van der Waals surface area contributed by atoms with E-state index in [1.165, 1.54) is 63.5 Å². The van der Waals surface area contributed by atoms with E-state index in [4.69, 9.17) is 0 Å². The Morgan fingerprint density at radius 1 is 1.00 bits per heavy atom. The van der Waals surface area contributed by atoms with Gasteiger partial charge in [-0.15, -0.1) is 0 Å². The summed E-state index contributed by atoms with van der Waals surface area (Å²) in [4.78, 5) is 0. The first kappa shape index (κ1) is 16.3. The third-order valence-corrected chi connectivity index (χ3v) is 3.81. The second kappa shape index (κ2) is 11.1. The van der Waals surface area contributed by atoms with Crippen molar-refractivity contribution in [2.75, 3.05) is 7.05 Å². The monoisotopic (exact) mass is 268 g/mol. The lowest BCUT2D eigenvalue weighted by atomic mass is 9.98. The molecule has 1 fully saturated rings. The molecule has 4 N–H and O–H groups in total. The zero-order valence-electron chi connectivity index (χ0n) is 12.7. The Morgan fingerprint density at radius 3 is 2.11 bits per heavy atom. The van der Waals surface area contributed by atoms with Gasteiger partial charge in [0, 0.05) is 25.0 Å². The van der Waals surface area contributed by atoms with Crippen molar-refractivity contribution in [3.05, 3.63) is 11.9 Å². The fraction of sp³-hybridized carbons (Fsp3) is 0.867. The molecule has 0 aliphatic heterocycles. The van der Waals surface area contributed by atoms with E-state index in [0.717, 1.165) is 6.42 Å². The van der Waals surface area contributed by atoms with E-state index < -0.39 is 0 Å². The van der Waals surface area contributed by atoms with Gasteiger partial charge in [0.25, 0.3) is 0 Å². The normalized spacial score (nSPS) is 20.0. The molecule has 0 spiro atoms. The van der Waals surface area contributed by atoms with E-state index >= 15 is 0 Å². The highest BCUT2D eigenvalue weighted by Gasteiger charge is 2.09. The van der Waals surface area contributed by atoms with Crippen molar-refractivity contribution >= 4 is 0 Å². The third-order valence-electron chi connectivity index (χ3n) is 3.81. The molecule has 1 aliphatic carbocycles. The lowest BCUT2D eigenvalue weighted by Crippen LogP contribution is -2.41. The highest BCUT2D eigenvalue weighted by Crippen LogP contribution is 2.16. The molecule has 1 aliphatic rings. The number of hydrazine groups is 2. The molecule has 0 bridgehead atoms. The standard InChI is InChI=1S/C15H32N4/c1-3-14(13-17-16-2)18-19-15-11-9-7-5-4-6-8-10-12-15/h13,15-19H,3-12H2,1-2H3/b14-13-. The number of hydrogen-bond donors (Lipinski definition) is 4. The Labute approximate surface area is 118 Å². The van der Waals surface area contributed by atoms with Gasteiger partial charge >= 0.3 is 0 Å². The Kier molecular flexibility index (Phi) is 9.55. The van der Waals surface area contributed by atoms with Gasteiger partial charge in [0.15, 0.2) is 0 Å². The van der Waals surface area contributed by atoms with Crippen LogP contribution in [0.3, 0.4) is 0 Å². The Morgan fingerprint density at radius 2 is 1.58 bits per heavy atom. The summed E-state index contributed by atoms with van der Waals surface area (Å²) >= 11 is 0. The van der Waals surface area contributed by atoms with Crippen LogP contribution < -0.4 is 21.7 Å². The predicted molar refractivity (Wildman–Crippen MR) is 82.2 cm³/mol. The first-order chi connectivity index (χ1) is 9.36. The van der Waals surface area contributed by atoms with Crippen LogP contribution in [0.4, 0.5) is 0 Å². The van der Waals surface area contributed by atoms with Gasteiger partial charge in [-0.25, -0.2) is 10.9 Å². The third kappa shape index (κ3) is 8.11. The molecule has 0 saturated heterocycles. The second-order valence-corrected chi connectivity index (χ2v) is 5.44. The van der Waals surface area contributed by atoms with Crippen LogP contribution in [0.5, 0.6) is 0 Å². The molecule has 4 heteroatoms. The predicted octanol–water partition coefficient (Wildman–Crippen LogP) is 2.95. The van der Waals surface area contributed by atoms with E-state index in [1.54, 1.807) is 0 Å². The van der Waals surface area contributed by atoms with Gasteiger partial charge in [0.05, 0.1) is 0 Å². The molecule has 19 heavy (non-hydrogen) atoms. The molecule has 0 atom stereocenters. The molecule has 4 nitrogen and oxygen atoms in total. The zero-order valence-corrected chi connectivity index (χ0v) is 12.7. The maximum atomic E-state index is 3.51. The van der Waals surface area contributed by atoms with Crippen molar-refractivity contribution in [2.45, 2.75) is 77.2 Å². The number of allylic oxidation sites excluding steroid dienone is 1. The first-order valence-corrected chi connectivity index (χ1v) is 7.99. The van der Waals surface area contributed by atoms with E-state index in [2.05, 4.69) is 28.6 Å². The van der Waals surface area contributed by atoms with Crippen molar-refractivity contribution in [3.8, 4) is 0 Å². The second-order valence-electron chi connectivity index (χ2n) is 5.44. The lowest BCUT2D eigenvalue weighted by Gasteiger charge is -2.22. The minimum absolute atomic E-state index is 0.614. The van der Waals surface area contributed by atoms with Crippen LogP contribution in [0, 0.1) is 0 Å². The molecule has 0 heterocycles. The van der Waals surface area contributed by atoms with Crippen LogP contribution in [-0.2, 0) is 0 Å². The summed E-state index contributed by atoms with van der Waals surface area (Å²) in [6, 6.07) is 0.614. The zero-order chi connectivity index (χ0) is 13.8. The summed E-state index contributed by atoms with van der Waals surface area (Å²) in [5.41, 5.74) is 14.0. The fourth-order valence-corrected chi connectivity index (χ4v) is 2.53. The minimum atomic E-state index is 0.614. The van der Waals surface area contributed by atoms with E-state index in [-0.39, 0.29) is 0 Å². The maximum absolute atomic E-state index is 3.51. The summed E-state index contributed by atoms with van der Waals surface area (Å²) in [5, 5.41) is 0. The van der Waals surface area contributed by atoms with Crippen LogP contribution in [0.2, 0.25) is 0 Å². The Bertz CT molecular complexity index is 230. The van der Waals surface area contributed by atoms with Gasteiger partial charge in [0.1, 0.15) is 0 Å². The van der Waals surface area contributed by atoms with Gasteiger partial charge in [-0.1, -0.05) is 51.9 Å². The summed E-state index contributed by atoms with van der Waals surface area (Å²) in [5.74, 6) is 0. The lowest BCUT2D eigenvalue weighted by molar-refractivity contribution is 0.371. The molecule has 0 unspecified atom stereocenters.